The van der Waals surface area contributed by atoms with Crippen molar-refractivity contribution in [1.29, 1.82) is 0 Å². The highest BCUT2D eigenvalue weighted by molar-refractivity contribution is 6.04. The predicted octanol–water partition coefficient (Wildman–Crippen LogP) is 7.81. The number of benzene rings is 4. The zero-order chi connectivity index (χ0) is 25.4. The molecule has 182 valence electrons. The van der Waals surface area contributed by atoms with E-state index in [4.69, 9.17) is 4.99 Å². The summed E-state index contributed by atoms with van der Waals surface area (Å²) in [5.74, 6) is 0.986. The van der Waals surface area contributed by atoms with Crippen LogP contribution in [-0.2, 0) is 5.41 Å². The molecule has 3 nitrogen and oxygen atoms in total. The molecule has 1 heterocycles. The van der Waals surface area contributed by atoms with E-state index in [0.29, 0.717) is 0 Å². The van der Waals surface area contributed by atoms with Crippen LogP contribution >= 0.6 is 0 Å². The Balaban J connectivity index is 1.66. The molecule has 0 bridgehead atoms. The van der Waals surface area contributed by atoms with Crippen LogP contribution in [0.25, 0.3) is 11.1 Å². The van der Waals surface area contributed by atoms with E-state index < -0.39 is 0 Å². The first-order valence-corrected chi connectivity index (χ1v) is 12.6. The normalized spacial score (nSPS) is 17.5. The Morgan fingerprint density at radius 2 is 1.28 bits per heavy atom. The van der Waals surface area contributed by atoms with Crippen LogP contribution in [0.1, 0.15) is 66.2 Å². The van der Waals surface area contributed by atoms with Gasteiger partial charge in [-0.1, -0.05) is 111 Å². The van der Waals surface area contributed by atoms with E-state index in [-0.39, 0.29) is 23.2 Å². The zero-order valence-corrected chi connectivity index (χ0v) is 21.7. The molecule has 36 heavy (non-hydrogen) atoms. The van der Waals surface area contributed by atoms with E-state index in [1.807, 2.05) is 30.3 Å². The lowest BCUT2D eigenvalue weighted by Crippen LogP contribution is -2.26. The van der Waals surface area contributed by atoms with Crippen LogP contribution in [0.5, 0.6) is 5.75 Å². The van der Waals surface area contributed by atoms with Gasteiger partial charge in [-0.2, -0.15) is 0 Å². The van der Waals surface area contributed by atoms with E-state index >= 15 is 0 Å². The van der Waals surface area contributed by atoms with Crippen molar-refractivity contribution >= 4 is 5.84 Å². The molecule has 0 aromatic heterocycles. The van der Waals surface area contributed by atoms with Gasteiger partial charge in [0.25, 0.3) is 0 Å². The largest absolute Gasteiger partial charge is 0.507 e. The topological polar surface area (TPSA) is 44.6 Å². The van der Waals surface area contributed by atoms with Crippen LogP contribution in [-0.4, -0.2) is 10.9 Å². The average molecular weight is 475 g/mol. The number of aryl methyl sites for hydroxylation is 2. The van der Waals surface area contributed by atoms with Gasteiger partial charge in [0.1, 0.15) is 17.6 Å². The standard InChI is InChI=1S/C33H34N2O/c1-21-11-15-24(16-12-21)29-30(25-17-13-22(2)14-18-25)35-32(34-29)28-20-26(33(3,4)5)19-27(31(28)36)23-9-7-6-8-10-23/h6-20,29-30,36H,1-5H3,(H,34,35). The summed E-state index contributed by atoms with van der Waals surface area (Å²) in [6.07, 6.45) is 0. The van der Waals surface area contributed by atoms with Crippen molar-refractivity contribution in [2.75, 3.05) is 0 Å². The van der Waals surface area contributed by atoms with Crippen LogP contribution in [0, 0.1) is 13.8 Å². The van der Waals surface area contributed by atoms with E-state index in [9.17, 15) is 5.11 Å². The van der Waals surface area contributed by atoms with Crippen LogP contribution in [0.3, 0.4) is 0 Å². The summed E-state index contributed by atoms with van der Waals surface area (Å²) >= 11 is 0. The molecule has 0 radical (unpaired) electrons. The van der Waals surface area contributed by atoms with Gasteiger partial charge in [0, 0.05) is 5.56 Å². The fraction of sp³-hybridized carbons (Fsp3) is 0.242. The maximum Gasteiger partial charge on any atom is 0.134 e. The van der Waals surface area contributed by atoms with E-state index in [0.717, 1.165) is 33.7 Å². The summed E-state index contributed by atoms with van der Waals surface area (Å²) < 4.78 is 0. The Bertz CT molecular complexity index is 1400. The number of aromatic hydroxyl groups is 1. The van der Waals surface area contributed by atoms with Gasteiger partial charge in [0.15, 0.2) is 0 Å². The molecule has 0 amide bonds. The Morgan fingerprint density at radius 1 is 0.722 bits per heavy atom. The highest BCUT2D eigenvalue weighted by atomic mass is 16.3. The van der Waals surface area contributed by atoms with Gasteiger partial charge < -0.3 is 10.4 Å². The van der Waals surface area contributed by atoms with Gasteiger partial charge in [-0.25, -0.2) is 0 Å². The molecule has 2 N–H and O–H groups in total. The fourth-order valence-electron chi connectivity index (χ4n) is 4.78. The lowest BCUT2D eigenvalue weighted by Gasteiger charge is -2.23. The van der Waals surface area contributed by atoms with Crippen molar-refractivity contribution < 1.29 is 5.11 Å². The lowest BCUT2D eigenvalue weighted by molar-refractivity contribution is 0.474. The number of amidine groups is 1. The van der Waals surface area contributed by atoms with Crippen molar-refractivity contribution in [3.05, 3.63) is 124 Å². The average Bonchev–Trinajstić information content (AvgIpc) is 3.30. The molecule has 2 unspecified atom stereocenters. The summed E-state index contributed by atoms with van der Waals surface area (Å²) in [5.41, 5.74) is 8.43. The van der Waals surface area contributed by atoms with Gasteiger partial charge in [-0.15, -0.1) is 0 Å². The van der Waals surface area contributed by atoms with Gasteiger partial charge in [-0.3, -0.25) is 4.99 Å². The molecular formula is C33H34N2O. The first kappa shape index (κ1) is 23.9. The van der Waals surface area contributed by atoms with Crippen molar-refractivity contribution in [3.8, 4) is 16.9 Å². The van der Waals surface area contributed by atoms with E-state index in [2.05, 4.69) is 101 Å². The first-order chi connectivity index (χ1) is 17.2. The Morgan fingerprint density at radius 3 is 1.86 bits per heavy atom. The molecule has 0 saturated heterocycles. The van der Waals surface area contributed by atoms with Crippen molar-refractivity contribution in [2.45, 2.75) is 52.1 Å². The summed E-state index contributed by atoms with van der Waals surface area (Å²) in [5, 5.41) is 15.3. The fourth-order valence-corrected chi connectivity index (χ4v) is 4.78. The summed E-state index contributed by atoms with van der Waals surface area (Å²) in [4.78, 5) is 5.20. The maximum absolute atomic E-state index is 11.6. The van der Waals surface area contributed by atoms with E-state index in [1.54, 1.807) is 0 Å². The van der Waals surface area contributed by atoms with Gasteiger partial charge in [0.2, 0.25) is 0 Å². The first-order valence-electron chi connectivity index (χ1n) is 12.6. The third-order valence-corrected chi connectivity index (χ3v) is 7.05. The minimum atomic E-state index is -0.0961. The highest BCUT2D eigenvalue weighted by Gasteiger charge is 2.33. The Hall–Kier alpha value is -3.85. The van der Waals surface area contributed by atoms with Crippen LogP contribution in [0.4, 0.5) is 0 Å². The molecular weight excluding hydrogens is 440 g/mol. The summed E-state index contributed by atoms with van der Waals surface area (Å²) in [6, 6.07) is 31.4. The molecule has 0 saturated carbocycles. The third-order valence-electron chi connectivity index (χ3n) is 7.05. The second kappa shape index (κ2) is 9.31. The molecule has 0 spiro atoms. The quantitative estimate of drug-likeness (QED) is 0.317. The number of nitrogens with one attached hydrogen (secondary N) is 1. The summed E-state index contributed by atoms with van der Waals surface area (Å²) in [6.45, 7) is 10.8. The molecule has 4 aromatic carbocycles. The second-order valence-corrected chi connectivity index (χ2v) is 10.9. The molecule has 4 aromatic rings. The SMILES string of the molecule is Cc1ccc(C2N=C(c3cc(C(C)(C)C)cc(-c4ccccc4)c3O)NC2c2ccc(C)cc2)cc1. The minimum absolute atomic E-state index is 0.0267. The zero-order valence-electron chi connectivity index (χ0n) is 21.7. The molecule has 5 rings (SSSR count). The van der Waals surface area contributed by atoms with E-state index in [1.165, 1.54) is 16.7 Å². The number of phenols is 1. The van der Waals surface area contributed by atoms with Gasteiger partial charge in [-0.05, 0) is 53.6 Å². The minimum Gasteiger partial charge on any atom is -0.507 e. The lowest BCUT2D eigenvalue weighted by atomic mass is 9.83. The maximum atomic E-state index is 11.6. The van der Waals surface area contributed by atoms with Crippen molar-refractivity contribution in [1.82, 2.24) is 5.32 Å². The molecule has 0 fully saturated rings. The van der Waals surface area contributed by atoms with Gasteiger partial charge >= 0.3 is 0 Å². The van der Waals surface area contributed by atoms with Crippen LogP contribution in [0.2, 0.25) is 0 Å². The number of hydrogen-bond acceptors (Lipinski definition) is 3. The smallest absolute Gasteiger partial charge is 0.134 e. The number of aliphatic imine (C=N–C) groups is 1. The molecule has 0 aliphatic carbocycles. The number of rotatable bonds is 4. The second-order valence-electron chi connectivity index (χ2n) is 10.9. The van der Waals surface area contributed by atoms with Crippen molar-refractivity contribution in [3.63, 3.8) is 0 Å². The van der Waals surface area contributed by atoms with Crippen LogP contribution in [0.15, 0.2) is 96.0 Å². The predicted molar refractivity (Wildman–Crippen MR) is 150 cm³/mol. The Labute approximate surface area is 214 Å². The number of nitrogens with zero attached hydrogens (tertiary/aromatic N) is 1. The Kier molecular flexibility index (Phi) is 6.17. The monoisotopic (exact) mass is 474 g/mol. The van der Waals surface area contributed by atoms with Gasteiger partial charge in [0.05, 0.1) is 11.6 Å². The summed E-state index contributed by atoms with van der Waals surface area (Å²) in [7, 11) is 0. The number of phenolic OH excluding ortho intramolecular Hbond substituents is 1. The highest BCUT2D eigenvalue weighted by Crippen LogP contribution is 2.42. The third kappa shape index (κ3) is 4.66. The van der Waals surface area contributed by atoms with Crippen molar-refractivity contribution in [2.24, 2.45) is 4.99 Å². The number of hydrogen-bond donors (Lipinski definition) is 2. The van der Waals surface area contributed by atoms with Crippen LogP contribution < -0.4 is 5.32 Å². The molecule has 3 heteroatoms. The molecule has 1 aliphatic rings. The molecule has 2 atom stereocenters. The molecule has 1 aliphatic heterocycles.